The normalized spacial score (nSPS) is 18.4. The van der Waals surface area contributed by atoms with Crippen LogP contribution in [0, 0.1) is 10.1 Å². The fourth-order valence-corrected chi connectivity index (χ4v) is 4.47. The van der Waals surface area contributed by atoms with Crippen LogP contribution in [0.3, 0.4) is 0 Å². The van der Waals surface area contributed by atoms with Crippen molar-refractivity contribution in [3.8, 4) is 0 Å². The second kappa shape index (κ2) is 6.30. The van der Waals surface area contributed by atoms with Gasteiger partial charge in [-0.05, 0) is 40.8 Å². The summed E-state index contributed by atoms with van der Waals surface area (Å²) in [6, 6.07) is 18.5. The van der Waals surface area contributed by atoms with Crippen molar-refractivity contribution in [2.24, 2.45) is 0 Å². The Labute approximate surface area is 161 Å². The third kappa shape index (κ3) is 2.51. The summed E-state index contributed by atoms with van der Waals surface area (Å²) in [6.07, 6.45) is 2.20. The number of nitrogens with zero attached hydrogens (tertiary/aromatic N) is 1. The van der Waals surface area contributed by atoms with E-state index in [0.29, 0.717) is 6.42 Å². The van der Waals surface area contributed by atoms with E-state index in [0.717, 1.165) is 51.6 Å². The van der Waals surface area contributed by atoms with Crippen molar-refractivity contribution in [1.29, 1.82) is 0 Å². The first-order valence-corrected chi connectivity index (χ1v) is 9.43. The van der Waals surface area contributed by atoms with Gasteiger partial charge in [-0.1, -0.05) is 42.5 Å². The second-order valence-electron chi connectivity index (χ2n) is 7.31. The number of nitro groups is 1. The number of carbonyl (C=O) groups excluding carboxylic acids is 1. The molecule has 0 fully saturated rings. The highest BCUT2D eigenvalue weighted by Gasteiger charge is 2.35. The van der Waals surface area contributed by atoms with Crippen LogP contribution in [-0.2, 0) is 4.79 Å². The summed E-state index contributed by atoms with van der Waals surface area (Å²) >= 11 is 0. The minimum absolute atomic E-state index is 0.0361. The summed E-state index contributed by atoms with van der Waals surface area (Å²) in [5.41, 5.74) is 4.70. The minimum Gasteiger partial charge on any atom is -0.373 e. The van der Waals surface area contributed by atoms with Crippen LogP contribution >= 0.6 is 0 Å². The number of allylic oxidation sites excluding steroid dienone is 1. The van der Waals surface area contributed by atoms with Gasteiger partial charge in [0, 0.05) is 35.4 Å². The van der Waals surface area contributed by atoms with Gasteiger partial charge in [0.05, 0.1) is 11.0 Å². The van der Waals surface area contributed by atoms with E-state index < -0.39 is 4.92 Å². The zero-order chi connectivity index (χ0) is 19.3. The Kier molecular flexibility index (Phi) is 3.76. The third-order valence-electron chi connectivity index (χ3n) is 5.69. The molecule has 0 bridgehead atoms. The number of rotatable bonds is 2. The number of Topliss-reactive ketones (excluding diaryl/α,β-unsaturated/α-hetero) is 1. The lowest BCUT2D eigenvalue weighted by atomic mass is 9.77. The first-order chi connectivity index (χ1) is 13.6. The molecule has 1 unspecified atom stereocenters. The van der Waals surface area contributed by atoms with Crippen LogP contribution in [-0.4, -0.2) is 10.7 Å². The lowest BCUT2D eigenvalue weighted by molar-refractivity contribution is -0.384. The van der Waals surface area contributed by atoms with Crippen molar-refractivity contribution in [2.75, 3.05) is 5.32 Å². The molecule has 2 aliphatic rings. The molecular weight excluding hydrogens is 352 g/mol. The van der Waals surface area contributed by atoms with E-state index in [9.17, 15) is 14.9 Å². The van der Waals surface area contributed by atoms with Gasteiger partial charge in [0.25, 0.3) is 5.69 Å². The van der Waals surface area contributed by atoms with Crippen molar-refractivity contribution in [1.82, 2.24) is 0 Å². The number of nitrogens with one attached hydrogen (secondary N) is 1. The Morgan fingerprint density at radius 2 is 1.86 bits per heavy atom. The maximum Gasteiger partial charge on any atom is 0.269 e. The van der Waals surface area contributed by atoms with Gasteiger partial charge in [-0.3, -0.25) is 14.9 Å². The van der Waals surface area contributed by atoms with E-state index in [1.54, 1.807) is 12.1 Å². The average Bonchev–Trinajstić information content (AvgIpc) is 2.73. The standard InChI is InChI=1S/C23H18N2O3/c26-20-10-4-9-18-21-17-8-2-1-5-14(17)11-12-19(21)24-23(22(18)20)15-6-3-7-16(13-15)25(27)28/h1-3,5-8,11-13,23-24H,4,9-10H2. The second-order valence-corrected chi connectivity index (χ2v) is 7.31. The van der Waals surface area contributed by atoms with Gasteiger partial charge in [-0.15, -0.1) is 0 Å². The number of benzene rings is 3. The van der Waals surface area contributed by atoms with Crippen molar-refractivity contribution in [2.45, 2.75) is 25.3 Å². The van der Waals surface area contributed by atoms with E-state index in [2.05, 4.69) is 23.5 Å². The SMILES string of the molecule is O=C1CCCC2=C1C(c1cccc([N+](=O)[O-])c1)Nc1ccc3ccccc3c12. The molecule has 5 nitrogen and oxygen atoms in total. The van der Waals surface area contributed by atoms with Gasteiger partial charge < -0.3 is 5.32 Å². The Morgan fingerprint density at radius 1 is 1.00 bits per heavy atom. The number of hydrogen-bond donors (Lipinski definition) is 1. The Morgan fingerprint density at radius 3 is 2.71 bits per heavy atom. The zero-order valence-corrected chi connectivity index (χ0v) is 15.1. The topological polar surface area (TPSA) is 72.2 Å². The summed E-state index contributed by atoms with van der Waals surface area (Å²) in [5, 5.41) is 17.0. The van der Waals surface area contributed by atoms with Gasteiger partial charge >= 0.3 is 0 Å². The van der Waals surface area contributed by atoms with Crippen molar-refractivity contribution < 1.29 is 9.72 Å². The van der Waals surface area contributed by atoms with Gasteiger partial charge in [0.1, 0.15) is 0 Å². The number of fused-ring (bicyclic) bond motifs is 4. The van der Waals surface area contributed by atoms with E-state index >= 15 is 0 Å². The average molecular weight is 370 g/mol. The summed E-state index contributed by atoms with van der Waals surface area (Å²) in [5.74, 6) is 0.129. The molecule has 0 spiro atoms. The van der Waals surface area contributed by atoms with Crippen molar-refractivity contribution >= 4 is 33.5 Å². The fraction of sp³-hybridized carbons (Fsp3) is 0.174. The van der Waals surface area contributed by atoms with E-state index in [1.165, 1.54) is 6.07 Å². The van der Waals surface area contributed by atoms with E-state index in [4.69, 9.17) is 0 Å². The first-order valence-electron chi connectivity index (χ1n) is 9.43. The van der Waals surface area contributed by atoms with Crippen LogP contribution in [0.5, 0.6) is 0 Å². The van der Waals surface area contributed by atoms with Gasteiger partial charge in [0.2, 0.25) is 0 Å². The highest BCUT2D eigenvalue weighted by Crippen LogP contribution is 2.48. The number of carbonyl (C=O) groups is 1. The summed E-state index contributed by atoms with van der Waals surface area (Å²) in [7, 11) is 0. The minimum atomic E-state index is -0.397. The van der Waals surface area contributed by atoms with Crippen molar-refractivity contribution in [3.05, 3.63) is 87.5 Å². The Bertz CT molecular complexity index is 1180. The Balaban J connectivity index is 1.76. The number of nitro benzene ring substituents is 1. The van der Waals surface area contributed by atoms with Gasteiger partial charge in [-0.25, -0.2) is 0 Å². The molecule has 3 aromatic carbocycles. The van der Waals surface area contributed by atoms with E-state index in [1.807, 2.05) is 24.3 Å². The largest absolute Gasteiger partial charge is 0.373 e. The van der Waals surface area contributed by atoms with Crippen LogP contribution in [0.25, 0.3) is 16.3 Å². The smallest absolute Gasteiger partial charge is 0.269 e. The first kappa shape index (κ1) is 16.7. The molecular formula is C23H18N2O3. The molecule has 1 aliphatic heterocycles. The summed E-state index contributed by atoms with van der Waals surface area (Å²) < 4.78 is 0. The fourth-order valence-electron chi connectivity index (χ4n) is 4.47. The molecule has 0 saturated carbocycles. The van der Waals surface area contributed by atoms with Crippen LogP contribution in [0.2, 0.25) is 0 Å². The molecule has 3 aromatic rings. The lowest BCUT2D eigenvalue weighted by Gasteiger charge is -2.35. The molecule has 1 aliphatic carbocycles. The summed E-state index contributed by atoms with van der Waals surface area (Å²) in [4.78, 5) is 23.8. The predicted molar refractivity (Wildman–Crippen MR) is 109 cm³/mol. The molecule has 0 aromatic heterocycles. The Hall–Kier alpha value is -3.47. The molecule has 0 amide bonds. The number of ketones is 1. The lowest BCUT2D eigenvalue weighted by Crippen LogP contribution is -2.27. The number of anilines is 1. The third-order valence-corrected chi connectivity index (χ3v) is 5.69. The zero-order valence-electron chi connectivity index (χ0n) is 15.1. The van der Waals surface area contributed by atoms with E-state index in [-0.39, 0.29) is 17.5 Å². The maximum atomic E-state index is 12.9. The highest BCUT2D eigenvalue weighted by atomic mass is 16.6. The molecule has 28 heavy (non-hydrogen) atoms. The molecule has 1 N–H and O–H groups in total. The number of hydrogen-bond acceptors (Lipinski definition) is 4. The molecule has 5 rings (SSSR count). The quantitative estimate of drug-likeness (QED) is 0.483. The molecule has 138 valence electrons. The van der Waals surface area contributed by atoms with Crippen LogP contribution in [0.15, 0.2) is 66.2 Å². The van der Waals surface area contributed by atoms with Gasteiger partial charge in [-0.2, -0.15) is 0 Å². The van der Waals surface area contributed by atoms with Crippen LogP contribution in [0.4, 0.5) is 11.4 Å². The number of non-ortho nitro benzene ring substituents is 1. The predicted octanol–water partition coefficient (Wildman–Crippen LogP) is 5.42. The molecule has 1 atom stereocenters. The molecule has 0 saturated heterocycles. The van der Waals surface area contributed by atoms with Crippen LogP contribution in [0.1, 0.15) is 36.4 Å². The molecule has 5 heteroatoms. The molecule has 1 heterocycles. The monoisotopic (exact) mass is 370 g/mol. The van der Waals surface area contributed by atoms with Crippen LogP contribution < -0.4 is 5.32 Å². The summed E-state index contributed by atoms with van der Waals surface area (Å²) in [6.45, 7) is 0. The highest BCUT2D eigenvalue weighted by molar-refractivity contribution is 6.12. The molecule has 0 radical (unpaired) electrons. The van der Waals surface area contributed by atoms with Gasteiger partial charge in [0.15, 0.2) is 5.78 Å². The van der Waals surface area contributed by atoms with Crippen molar-refractivity contribution in [3.63, 3.8) is 0 Å². The maximum absolute atomic E-state index is 12.9.